The monoisotopic (exact) mass is 287 g/mol. The molecule has 0 aliphatic carbocycles. The molecule has 1 unspecified atom stereocenters. The summed E-state index contributed by atoms with van der Waals surface area (Å²) in [5, 5.41) is 6.19. The Bertz CT molecular complexity index is 268. The number of carbonyl (C=O) groups is 1. The quantitative estimate of drug-likeness (QED) is 0.577. The van der Waals surface area contributed by atoms with Gasteiger partial charge in [0.15, 0.2) is 0 Å². The normalized spacial score (nSPS) is 19.6. The van der Waals surface area contributed by atoms with Crippen molar-refractivity contribution in [2.24, 2.45) is 0 Å². The lowest BCUT2D eigenvalue weighted by molar-refractivity contribution is -0.122. The van der Waals surface area contributed by atoms with Gasteiger partial charge in [-0.05, 0) is 27.3 Å². The van der Waals surface area contributed by atoms with Crippen LogP contribution < -0.4 is 10.6 Å². The van der Waals surface area contributed by atoms with E-state index in [2.05, 4.69) is 10.6 Å². The zero-order valence-corrected chi connectivity index (χ0v) is 13.0. The molecule has 0 aromatic heterocycles. The number of nitrogens with zero attached hydrogens (tertiary/aromatic N) is 1. The van der Waals surface area contributed by atoms with Gasteiger partial charge in [0.1, 0.15) is 0 Å². The molecule has 1 aliphatic heterocycles. The molecule has 0 spiro atoms. The van der Waals surface area contributed by atoms with Crippen LogP contribution in [-0.2, 0) is 14.3 Å². The molecule has 6 heteroatoms. The van der Waals surface area contributed by atoms with E-state index in [9.17, 15) is 4.79 Å². The Kier molecular flexibility index (Phi) is 8.77. The van der Waals surface area contributed by atoms with Gasteiger partial charge in [-0.3, -0.25) is 9.69 Å². The average molecular weight is 287 g/mol. The lowest BCUT2D eigenvalue weighted by Crippen LogP contribution is -2.46. The number of carbonyl (C=O) groups excluding carboxylic acids is 1. The lowest BCUT2D eigenvalue weighted by atomic mass is 10.3. The zero-order valence-electron chi connectivity index (χ0n) is 13.0. The minimum Gasteiger partial charge on any atom is -0.379 e. The van der Waals surface area contributed by atoms with Gasteiger partial charge in [0.25, 0.3) is 0 Å². The van der Waals surface area contributed by atoms with E-state index in [4.69, 9.17) is 9.47 Å². The highest BCUT2D eigenvalue weighted by molar-refractivity contribution is 5.77. The number of hydrogen-bond acceptors (Lipinski definition) is 5. The molecule has 1 fully saturated rings. The number of nitrogens with one attached hydrogen (secondary N) is 2. The van der Waals surface area contributed by atoms with Crippen molar-refractivity contribution >= 4 is 5.91 Å². The molecule has 1 heterocycles. The Hall–Kier alpha value is -0.690. The van der Waals surface area contributed by atoms with Crippen molar-refractivity contribution < 1.29 is 14.3 Å². The highest BCUT2D eigenvalue weighted by Crippen LogP contribution is 1.98. The summed E-state index contributed by atoms with van der Waals surface area (Å²) in [5.41, 5.74) is 0. The second-order valence-corrected chi connectivity index (χ2v) is 5.52. The number of ether oxygens (including phenoxy) is 2. The minimum absolute atomic E-state index is 0.0563. The third kappa shape index (κ3) is 8.47. The van der Waals surface area contributed by atoms with Gasteiger partial charge in [-0.1, -0.05) is 0 Å². The number of morpholine rings is 1. The molecule has 0 radical (unpaired) electrons. The van der Waals surface area contributed by atoms with Crippen LogP contribution in [0.1, 0.15) is 20.3 Å². The van der Waals surface area contributed by atoms with E-state index in [-0.39, 0.29) is 18.1 Å². The van der Waals surface area contributed by atoms with E-state index < -0.39 is 0 Å². The second kappa shape index (κ2) is 10.1. The fraction of sp³-hybridized carbons (Fsp3) is 0.929. The minimum atomic E-state index is 0.0563. The Morgan fingerprint density at radius 2 is 2.35 bits per heavy atom. The molecule has 6 nitrogen and oxygen atoms in total. The maximum Gasteiger partial charge on any atom is 0.234 e. The Labute approximate surface area is 122 Å². The van der Waals surface area contributed by atoms with Crippen LogP contribution in [0.25, 0.3) is 0 Å². The van der Waals surface area contributed by atoms with Crippen molar-refractivity contribution in [1.29, 1.82) is 0 Å². The second-order valence-electron chi connectivity index (χ2n) is 5.52. The molecular weight excluding hydrogens is 258 g/mol. The summed E-state index contributed by atoms with van der Waals surface area (Å²) in [6.07, 6.45) is 1.28. The summed E-state index contributed by atoms with van der Waals surface area (Å²) in [6.45, 7) is 9.09. The SMILES string of the molecule is CC(C)OCCCNC(=O)CN(C)CC1CNCCO1. The maximum absolute atomic E-state index is 11.7. The van der Waals surface area contributed by atoms with E-state index in [1.807, 2.05) is 25.8 Å². The van der Waals surface area contributed by atoms with Crippen molar-refractivity contribution in [2.75, 3.05) is 53.0 Å². The van der Waals surface area contributed by atoms with Gasteiger partial charge in [0, 0.05) is 32.8 Å². The van der Waals surface area contributed by atoms with Crippen molar-refractivity contribution in [2.45, 2.75) is 32.5 Å². The van der Waals surface area contributed by atoms with Crippen molar-refractivity contribution in [3.8, 4) is 0 Å². The summed E-state index contributed by atoms with van der Waals surface area (Å²) in [6, 6.07) is 0. The van der Waals surface area contributed by atoms with Crippen LogP contribution >= 0.6 is 0 Å². The first kappa shape index (κ1) is 17.4. The van der Waals surface area contributed by atoms with Crippen molar-refractivity contribution in [3.05, 3.63) is 0 Å². The topological polar surface area (TPSA) is 62.8 Å². The van der Waals surface area contributed by atoms with Crippen LogP contribution in [0.5, 0.6) is 0 Å². The molecule has 1 aliphatic rings. The highest BCUT2D eigenvalue weighted by Gasteiger charge is 2.16. The lowest BCUT2D eigenvalue weighted by Gasteiger charge is -2.27. The molecule has 1 saturated heterocycles. The van der Waals surface area contributed by atoms with Gasteiger partial charge < -0.3 is 20.1 Å². The summed E-state index contributed by atoms with van der Waals surface area (Å²) >= 11 is 0. The van der Waals surface area contributed by atoms with Crippen molar-refractivity contribution in [1.82, 2.24) is 15.5 Å². The molecule has 2 N–H and O–H groups in total. The van der Waals surface area contributed by atoms with E-state index >= 15 is 0 Å². The van der Waals surface area contributed by atoms with Gasteiger partial charge in [0.2, 0.25) is 5.91 Å². The Balaban J connectivity index is 2.02. The first-order valence-corrected chi connectivity index (χ1v) is 7.47. The van der Waals surface area contributed by atoms with Gasteiger partial charge in [-0.2, -0.15) is 0 Å². The molecule has 20 heavy (non-hydrogen) atoms. The molecule has 1 atom stereocenters. The molecule has 0 saturated carbocycles. The molecule has 0 aromatic rings. The predicted molar refractivity (Wildman–Crippen MR) is 78.8 cm³/mol. The fourth-order valence-electron chi connectivity index (χ4n) is 2.07. The largest absolute Gasteiger partial charge is 0.379 e. The molecule has 0 aromatic carbocycles. The van der Waals surface area contributed by atoms with Crippen LogP contribution in [-0.4, -0.2) is 76.0 Å². The van der Waals surface area contributed by atoms with Gasteiger partial charge in [0.05, 0.1) is 25.4 Å². The number of amides is 1. The summed E-state index contributed by atoms with van der Waals surface area (Å²) in [7, 11) is 1.94. The summed E-state index contributed by atoms with van der Waals surface area (Å²) < 4.78 is 11.0. The number of likely N-dealkylation sites (N-methyl/N-ethyl adjacent to an activating group) is 1. The highest BCUT2D eigenvalue weighted by atomic mass is 16.5. The first-order chi connectivity index (χ1) is 9.58. The molecule has 1 rings (SSSR count). The van der Waals surface area contributed by atoms with E-state index in [1.165, 1.54) is 0 Å². The number of hydrogen-bond donors (Lipinski definition) is 2. The Morgan fingerprint density at radius 1 is 1.55 bits per heavy atom. The molecule has 1 amide bonds. The van der Waals surface area contributed by atoms with E-state index in [0.717, 1.165) is 32.7 Å². The first-order valence-electron chi connectivity index (χ1n) is 7.47. The van der Waals surface area contributed by atoms with Gasteiger partial charge >= 0.3 is 0 Å². The molecule has 118 valence electrons. The van der Waals surface area contributed by atoms with Crippen LogP contribution in [0.15, 0.2) is 0 Å². The summed E-state index contributed by atoms with van der Waals surface area (Å²) in [4.78, 5) is 13.7. The standard InChI is InChI=1S/C14H29N3O3/c1-12(2)19-7-4-5-16-14(18)11-17(3)10-13-9-15-6-8-20-13/h12-13,15H,4-11H2,1-3H3,(H,16,18). The maximum atomic E-state index is 11.7. The third-order valence-corrected chi connectivity index (χ3v) is 3.03. The van der Waals surface area contributed by atoms with Crippen LogP contribution in [0, 0.1) is 0 Å². The van der Waals surface area contributed by atoms with Gasteiger partial charge in [-0.15, -0.1) is 0 Å². The smallest absolute Gasteiger partial charge is 0.234 e. The summed E-state index contributed by atoms with van der Waals surface area (Å²) in [5.74, 6) is 0.0563. The van der Waals surface area contributed by atoms with Crippen LogP contribution in [0.2, 0.25) is 0 Å². The zero-order chi connectivity index (χ0) is 14.8. The van der Waals surface area contributed by atoms with Crippen LogP contribution in [0.4, 0.5) is 0 Å². The van der Waals surface area contributed by atoms with Gasteiger partial charge in [-0.25, -0.2) is 0 Å². The third-order valence-electron chi connectivity index (χ3n) is 3.03. The predicted octanol–water partition coefficient (Wildman–Crippen LogP) is -0.162. The van der Waals surface area contributed by atoms with Crippen molar-refractivity contribution in [3.63, 3.8) is 0 Å². The molecular formula is C14H29N3O3. The fourth-order valence-corrected chi connectivity index (χ4v) is 2.07. The van der Waals surface area contributed by atoms with E-state index in [0.29, 0.717) is 19.7 Å². The van der Waals surface area contributed by atoms with E-state index in [1.54, 1.807) is 0 Å². The van der Waals surface area contributed by atoms with Crippen LogP contribution in [0.3, 0.4) is 0 Å². The molecule has 0 bridgehead atoms. The number of rotatable bonds is 9. The average Bonchev–Trinajstić information content (AvgIpc) is 2.38. The Morgan fingerprint density at radius 3 is 3.00 bits per heavy atom.